The zero-order valence-electron chi connectivity index (χ0n) is 17.7. The van der Waals surface area contributed by atoms with E-state index in [4.69, 9.17) is 5.73 Å². The van der Waals surface area contributed by atoms with Crippen molar-refractivity contribution in [2.45, 2.75) is 43.7 Å². The number of benzene rings is 1. The molecule has 0 aliphatic heterocycles. The molecule has 2 atom stereocenters. The molecule has 3 heterocycles. The Morgan fingerprint density at radius 3 is 2.85 bits per heavy atom. The molecule has 5 rings (SSSR count). The van der Waals surface area contributed by atoms with Crippen molar-refractivity contribution in [3.63, 3.8) is 0 Å². The van der Waals surface area contributed by atoms with Crippen LogP contribution in [0.15, 0.2) is 60.9 Å². The van der Waals surface area contributed by atoms with Crippen LogP contribution < -0.4 is 11.1 Å². The smallest absolute Gasteiger partial charge is 0.269 e. The number of halogens is 2. The van der Waals surface area contributed by atoms with Crippen LogP contribution in [0.3, 0.4) is 0 Å². The minimum absolute atomic E-state index is 0.270. The van der Waals surface area contributed by atoms with Crippen molar-refractivity contribution >= 4 is 22.9 Å². The van der Waals surface area contributed by atoms with Gasteiger partial charge in [0.05, 0.1) is 16.8 Å². The minimum Gasteiger partial charge on any atom is -0.341 e. The lowest BCUT2D eigenvalue weighted by atomic mass is 9.87. The summed E-state index contributed by atoms with van der Waals surface area (Å²) in [5.41, 5.74) is 9.26. The maximum Gasteiger partial charge on any atom is 0.269 e. The number of hydrogen-bond donors (Lipinski definition) is 2. The molecule has 9 heteroatoms. The molecule has 170 valence electrons. The first kappa shape index (κ1) is 21.7. The third-order valence-electron chi connectivity index (χ3n) is 6.01. The molecule has 0 spiro atoms. The van der Waals surface area contributed by atoms with Gasteiger partial charge in [-0.05, 0) is 36.6 Å². The van der Waals surface area contributed by atoms with Crippen LogP contribution in [0.2, 0.25) is 0 Å². The van der Waals surface area contributed by atoms with E-state index in [1.165, 1.54) is 11.3 Å². The molecule has 3 N–H and O–H groups in total. The molecular formula is C24H23F2N5OS. The summed E-state index contributed by atoms with van der Waals surface area (Å²) in [7, 11) is 0. The van der Waals surface area contributed by atoms with Crippen LogP contribution in [0.1, 0.15) is 39.4 Å². The van der Waals surface area contributed by atoms with E-state index >= 15 is 0 Å². The fourth-order valence-corrected chi connectivity index (χ4v) is 5.42. The van der Waals surface area contributed by atoms with E-state index in [9.17, 15) is 13.6 Å². The van der Waals surface area contributed by atoms with Gasteiger partial charge in [-0.2, -0.15) is 5.10 Å². The molecule has 33 heavy (non-hydrogen) atoms. The Hall–Kier alpha value is -3.17. The largest absolute Gasteiger partial charge is 0.341 e. The number of imidazole rings is 1. The molecular weight excluding hydrogens is 444 g/mol. The van der Waals surface area contributed by atoms with Crippen molar-refractivity contribution in [1.82, 2.24) is 19.9 Å². The molecule has 1 saturated carbocycles. The molecule has 1 aromatic carbocycles. The van der Waals surface area contributed by atoms with Crippen LogP contribution in [0.4, 0.5) is 8.78 Å². The molecule has 0 saturated heterocycles. The number of carbonyl (C=O) groups is 1. The lowest BCUT2D eigenvalue weighted by Crippen LogP contribution is -2.59. The van der Waals surface area contributed by atoms with Gasteiger partial charge >= 0.3 is 0 Å². The van der Waals surface area contributed by atoms with Crippen molar-refractivity contribution in [3.8, 4) is 11.3 Å². The van der Waals surface area contributed by atoms with Gasteiger partial charge in [-0.15, -0.1) is 11.3 Å². The Kier molecular flexibility index (Phi) is 5.67. The molecule has 1 amide bonds. The maximum absolute atomic E-state index is 14.5. The first-order chi connectivity index (χ1) is 15.9. The van der Waals surface area contributed by atoms with E-state index < -0.39 is 23.9 Å². The number of fused-ring (bicyclic) bond motifs is 1. The Bertz CT molecular complexity index is 1290. The molecule has 0 bridgehead atoms. The summed E-state index contributed by atoms with van der Waals surface area (Å²) in [5, 5.41) is 6.91. The summed E-state index contributed by atoms with van der Waals surface area (Å²) < 4.78 is 30.6. The van der Waals surface area contributed by atoms with Crippen LogP contribution in [-0.4, -0.2) is 38.5 Å². The Labute approximate surface area is 193 Å². The Balaban J connectivity index is 1.52. The fraction of sp³-hybridized carbons (Fsp3) is 0.292. The third kappa shape index (κ3) is 4.26. The zero-order chi connectivity index (χ0) is 23.0. The Morgan fingerprint density at radius 1 is 1.24 bits per heavy atom. The number of nitrogens with zero attached hydrogens (tertiary/aromatic N) is 3. The van der Waals surface area contributed by atoms with Gasteiger partial charge in [0.2, 0.25) is 0 Å². The first-order valence-corrected chi connectivity index (χ1v) is 11.6. The molecule has 1 unspecified atom stereocenters. The highest BCUT2D eigenvalue weighted by Crippen LogP contribution is 2.36. The number of rotatable bonds is 5. The van der Waals surface area contributed by atoms with Crippen molar-refractivity contribution in [2.75, 3.05) is 0 Å². The molecule has 3 aromatic heterocycles. The number of thiophene rings is 1. The van der Waals surface area contributed by atoms with Crippen molar-refractivity contribution in [1.29, 1.82) is 0 Å². The van der Waals surface area contributed by atoms with E-state index in [0.29, 0.717) is 29.8 Å². The number of carbonyl (C=O) groups excluding carboxylic acids is 1. The molecule has 0 radical (unpaired) electrons. The van der Waals surface area contributed by atoms with Crippen molar-refractivity contribution in [2.24, 2.45) is 5.73 Å². The lowest BCUT2D eigenvalue weighted by molar-refractivity contribution is -0.0674. The highest BCUT2D eigenvalue weighted by atomic mass is 32.1. The zero-order valence-corrected chi connectivity index (χ0v) is 18.6. The second kappa shape index (κ2) is 8.64. The van der Waals surface area contributed by atoms with Crippen LogP contribution in [0.25, 0.3) is 16.9 Å². The number of hydrogen-bond acceptors (Lipinski definition) is 5. The summed E-state index contributed by atoms with van der Waals surface area (Å²) in [6.45, 7) is 0. The minimum atomic E-state index is -3.02. The van der Waals surface area contributed by atoms with Crippen molar-refractivity contribution < 1.29 is 13.6 Å². The number of nitrogens with one attached hydrogen (secondary N) is 1. The van der Waals surface area contributed by atoms with Gasteiger partial charge in [-0.1, -0.05) is 30.3 Å². The van der Waals surface area contributed by atoms with E-state index in [2.05, 4.69) is 15.4 Å². The number of nitrogens with two attached hydrogens (primary N) is 1. The number of alkyl halides is 2. The van der Waals surface area contributed by atoms with E-state index in [1.54, 1.807) is 29.0 Å². The highest BCUT2D eigenvalue weighted by Gasteiger charge is 2.46. The SMILES string of the molecule is N[C@@H]1CCCC(F)(F)C1NC(=O)c1cc(-c2cnc3cccnn23)c(Cc2ccccc2)s1. The highest BCUT2D eigenvalue weighted by molar-refractivity contribution is 7.14. The van der Waals surface area contributed by atoms with Crippen LogP contribution >= 0.6 is 11.3 Å². The summed E-state index contributed by atoms with van der Waals surface area (Å²) in [5.74, 6) is -3.56. The van der Waals surface area contributed by atoms with Gasteiger partial charge < -0.3 is 11.1 Å². The second-order valence-electron chi connectivity index (χ2n) is 8.32. The average Bonchev–Trinajstić information content (AvgIpc) is 3.41. The molecule has 1 fully saturated rings. The summed E-state index contributed by atoms with van der Waals surface area (Å²) in [4.78, 5) is 18.8. The van der Waals surface area contributed by atoms with Crippen LogP contribution in [0, 0.1) is 0 Å². The molecule has 1 aliphatic carbocycles. The van der Waals surface area contributed by atoms with Gasteiger partial charge in [-0.3, -0.25) is 4.79 Å². The van der Waals surface area contributed by atoms with Gasteiger partial charge in [0, 0.05) is 35.5 Å². The van der Waals surface area contributed by atoms with Gasteiger partial charge in [0.15, 0.2) is 5.65 Å². The van der Waals surface area contributed by atoms with Crippen LogP contribution in [-0.2, 0) is 6.42 Å². The summed E-state index contributed by atoms with van der Waals surface area (Å²) in [6.07, 6.45) is 4.52. The van der Waals surface area contributed by atoms with Crippen LogP contribution in [0.5, 0.6) is 0 Å². The van der Waals surface area contributed by atoms with Gasteiger partial charge in [0.25, 0.3) is 11.8 Å². The molecule has 4 aromatic rings. The standard InChI is InChI=1S/C24H23F2N5OS/c25-24(26)10-4-8-17(27)22(24)30-23(32)20-13-16(18-14-28-21-9-5-11-29-31(18)21)19(33-20)12-15-6-2-1-3-7-15/h1-3,5-7,9,11,13-14,17,22H,4,8,10,12,27H2,(H,30,32)/t17-,22?/m1/s1. The second-order valence-corrected chi connectivity index (χ2v) is 9.45. The van der Waals surface area contributed by atoms with E-state index in [0.717, 1.165) is 21.7 Å². The van der Waals surface area contributed by atoms with E-state index in [1.807, 2.05) is 36.4 Å². The lowest BCUT2D eigenvalue weighted by Gasteiger charge is -2.36. The van der Waals surface area contributed by atoms with Gasteiger partial charge in [0.1, 0.15) is 6.04 Å². The average molecular weight is 468 g/mol. The Morgan fingerprint density at radius 2 is 2.06 bits per heavy atom. The number of aromatic nitrogens is 3. The quantitative estimate of drug-likeness (QED) is 0.459. The third-order valence-corrected chi connectivity index (χ3v) is 7.15. The fourth-order valence-electron chi connectivity index (χ4n) is 4.32. The predicted octanol–water partition coefficient (Wildman–Crippen LogP) is 4.29. The maximum atomic E-state index is 14.5. The van der Waals surface area contributed by atoms with E-state index in [-0.39, 0.29) is 6.42 Å². The topological polar surface area (TPSA) is 85.3 Å². The van der Waals surface area contributed by atoms with Gasteiger partial charge in [-0.25, -0.2) is 18.3 Å². The summed E-state index contributed by atoms with van der Waals surface area (Å²) in [6, 6.07) is 13.1. The molecule has 6 nitrogen and oxygen atoms in total. The normalized spacial score (nSPS) is 20.1. The summed E-state index contributed by atoms with van der Waals surface area (Å²) >= 11 is 1.29. The monoisotopic (exact) mass is 467 g/mol. The first-order valence-electron chi connectivity index (χ1n) is 10.8. The predicted molar refractivity (Wildman–Crippen MR) is 124 cm³/mol. The number of amides is 1. The molecule has 1 aliphatic rings. The van der Waals surface area contributed by atoms with Crippen molar-refractivity contribution in [3.05, 3.63) is 76.2 Å².